The summed E-state index contributed by atoms with van der Waals surface area (Å²) in [6, 6.07) is -0.984. The molecule has 1 aromatic heterocycles. The first-order chi connectivity index (χ1) is 11.3. The predicted molar refractivity (Wildman–Crippen MR) is 84.3 cm³/mol. The van der Waals surface area contributed by atoms with Crippen molar-refractivity contribution in [2.45, 2.75) is 32.7 Å². The first-order valence-corrected chi connectivity index (χ1v) is 7.80. The van der Waals surface area contributed by atoms with Gasteiger partial charge in [0.15, 0.2) is 0 Å². The molecule has 8 heteroatoms. The van der Waals surface area contributed by atoms with Gasteiger partial charge in [0.2, 0.25) is 0 Å². The Kier molecular flexibility index (Phi) is 5.26. The number of esters is 2. The molecular formula is C16H23N3O5. The lowest BCUT2D eigenvalue weighted by molar-refractivity contribution is -0.160. The van der Waals surface area contributed by atoms with Gasteiger partial charge in [0.1, 0.15) is 6.04 Å². The van der Waals surface area contributed by atoms with Crippen molar-refractivity contribution in [2.24, 2.45) is 13.0 Å². The number of hydrogen-bond donors (Lipinski definition) is 0. The molecule has 0 saturated carbocycles. The fourth-order valence-corrected chi connectivity index (χ4v) is 3.26. The highest BCUT2D eigenvalue weighted by Gasteiger charge is 2.45. The Labute approximate surface area is 140 Å². The van der Waals surface area contributed by atoms with Crippen LogP contribution in [0.1, 0.15) is 34.6 Å². The predicted octanol–water partition coefficient (Wildman–Crippen LogP) is 0.604. The SMILES string of the molecule is COC(=O)[C@@H]1[C@H](C(=O)OC)CCCN1C(=O)c1c(C)nn(C)c1C. The number of carbonyl (C=O) groups is 3. The number of ether oxygens (including phenoxy) is 2. The average Bonchev–Trinajstić information content (AvgIpc) is 2.84. The minimum atomic E-state index is -0.984. The van der Waals surface area contributed by atoms with E-state index in [4.69, 9.17) is 9.47 Å². The van der Waals surface area contributed by atoms with Crippen molar-refractivity contribution in [1.82, 2.24) is 14.7 Å². The summed E-state index contributed by atoms with van der Waals surface area (Å²) < 4.78 is 11.3. The minimum Gasteiger partial charge on any atom is -0.469 e. The number of amides is 1. The number of aromatic nitrogens is 2. The molecule has 1 aromatic rings. The van der Waals surface area contributed by atoms with Crippen molar-refractivity contribution in [3.8, 4) is 0 Å². The molecule has 1 fully saturated rings. The normalized spacial score (nSPS) is 20.6. The van der Waals surface area contributed by atoms with Crippen LogP contribution in [0, 0.1) is 19.8 Å². The van der Waals surface area contributed by atoms with E-state index in [1.165, 1.54) is 19.1 Å². The first kappa shape index (κ1) is 18.0. The van der Waals surface area contributed by atoms with Crippen LogP contribution in [0.3, 0.4) is 0 Å². The number of methoxy groups -OCH3 is 2. The summed E-state index contributed by atoms with van der Waals surface area (Å²) in [5, 5.41) is 4.25. The molecule has 132 valence electrons. The molecule has 0 bridgehead atoms. The average molecular weight is 337 g/mol. The van der Waals surface area contributed by atoms with Crippen LogP contribution >= 0.6 is 0 Å². The van der Waals surface area contributed by atoms with E-state index in [-0.39, 0.29) is 5.91 Å². The lowest BCUT2D eigenvalue weighted by Crippen LogP contribution is -2.55. The number of likely N-dealkylation sites (tertiary alicyclic amines) is 1. The van der Waals surface area contributed by atoms with Crippen LogP contribution in [0.2, 0.25) is 0 Å². The monoisotopic (exact) mass is 337 g/mol. The fourth-order valence-electron chi connectivity index (χ4n) is 3.26. The van der Waals surface area contributed by atoms with E-state index in [9.17, 15) is 14.4 Å². The summed E-state index contributed by atoms with van der Waals surface area (Å²) in [5.74, 6) is -2.17. The van der Waals surface area contributed by atoms with Crippen LogP contribution in [0.5, 0.6) is 0 Å². The lowest BCUT2D eigenvalue weighted by atomic mass is 9.88. The van der Waals surface area contributed by atoms with Gasteiger partial charge in [0, 0.05) is 19.3 Å². The summed E-state index contributed by atoms with van der Waals surface area (Å²) in [4.78, 5) is 38.8. The number of aryl methyl sites for hydroxylation is 2. The summed E-state index contributed by atoms with van der Waals surface area (Å²) in [7, 11) is 4.27. The molecule has 0 spiro atoms. The second kappa shape index (κ2) is 7.02. The van der Waals surface area contributed by atoms with Gasteiger partial charge in [-0.2, -0.15) is 5.10 Å². The highest BCUT2D eigenvalue weighted by Crippen LogP contribution is 2.28. The Morgan fingerprint density at radius 3 is 2.25 bits per heavy atom. The van der Waals surface area contributed by atoms with Crippen molar-refractivity contribution >= 4 is 17.8 Å². The van der Waals surface area contributed by atoms with Gasteiger partial charge in [-0.15, -0.1) is 0 Å². The van der Waals surface area contributed by atoms with Gasteiger partial charge >= 0.3 is 11.9 Å². The van der Waals surface area contributed by atoms with Gasteiger partial charge in [0.05, 0.1) is 31.4 Å². The van der Waals surface area contributed by atoms with E-state index in [1.807, 2.05) is 0 Å². The van der Waals surface area contributed by atoms with Gasteiger partial charge < -0.3 is 14.4 Å². The third-order valence-corrected chi connectivity index (χ3v) is 4.56. The van der Waals surface area contributed by atoms with Crippen molar-refractivity contribution in [2.75, 3.05) is 20.8 Å². The Balaban J connectivity index is 2.43. The van der Waals surface area contributed by atoms with Gasteiger partial charge in [-0.05, 0) is 26.7 Å². The zero-order chi connectivity index (χ0) is 18.0. The van der Waals surface area contributed by atoms with Crippen LogP contribution in [-0.2, 0) is 26.1 Å². The van der Waals surface area contributed by atoms with Crippen LogP contribution < -0.4 is 0 Å². The van der Waals surface area contributed by atoms with Crippen LogP contribution in [-0.4, -0.2) is 59.3 Å². The second-order valence-corrected chi connectivity index (χ2v) is 5.91. The molecule has 1 aliphatic heterocycles. The Morgan fingerprint density at radius 1 is 1.12 bits per heavy atom. The summed E-state index contributed by atoms with van der Waals surface area (Å²) in [6.45, 7) is 3.91. The highest BCUT2D eigenvalue weighted by atomic mass is 16.5. The molecule has 0 aromatic carbocycles. The van der Waals surface area contributed by atoms with Gasteiger partial charge in [-0.3, -0.25) is 14.3 Å². The Hall–Kier alpha value is -2.38. The number of piperidine rings is 1. The maximum absolute atomic E-state index is 13.1. The van der Waals surface area contributed by atoms with Crippen LogP contribution in [0.25, 0.3) is 0 Å². The van der Waals surface area contributed by atoms with E-state index in [0.717, 1.165) is 0 Å². The maximum atomic E-state index is 13.1. The largest absolute Gasteiger partial charge is 0.469 e. The van der Waals surface area contributed by atoms with Gasteiger partial charge in [-0.1, -0.05) is 0 Å². The summed E-state index contributed by atoms with van der Waals surface area (Å²) in [5.41, 5.74) is 1.75. The van der Waals surface area contributed by atoms with Gasteiger partial charge in [0.25, 0.3) is 5.91 Å². The topological polar surface area (TPSA) is 90.7 Å². The molecule has 8 nitrogen and oxygen atoms in total. The molecule has 1 aliphatic rings. The van der Waals surface area contributed by atoms with E-state index >= 15 is 0 Å². The molecule has 2 rings (SSSR count). The number of carbonyl (C=O) groups excluding carboxylic acids is 3. The van der Waals surface area contributed by atoms with Crippen molar-refractivity contribution in [1.29, 1.82) is 0 Å². The molecular weight excluding hydrogens is 314 g/mol. The highest BCUT2D eigenvalue weighted by molar-refractivity contribution is 6.00. The third-order valence-electron chi connectivity index (χ3n) is 4.56. The summed E-state index contributed by atoms with van der Waals surface area (Å²) in [6.07, 6.45) is 1.08. The molecule has 0 unspecified atom stereocenters. The Bertz CT molecular complexity index is 667. The van der Waals surface area contributed by atoms with Crippen molar-refractivity contribution in [3.63, 3.8) is 0 Å². The van der Waals surface area contributed by atoms with E-state index < -0.39 is 23.9 Å². The quantitative estimate of drug-likeness (QED) is 0.750. The zero-order valence-electron chi connectivity index (χ0n) is 14.7. The zero-order valence-corrected chi connectivity index (χ0v) is 14.7. The molecule has 0 aliphatic carbocycles. The number of hydrogen-bond acceptors (Lipinski definition) is 6. The molecule has 2 atom stereocenters. The van der Waals surface area contributed by atoms with Gasteiger partial charge in [-0.25, -0.2) is 4.79 Å². The summed E-state index contributed by atoms with van der Waals surface area (Å²) >= 11 is 0. The molecule has 2 heterocycles. The van der Waals surface area contributed by atoms with Crippen LogP contribution in [0.4, 0.5) is 0 Å². The molecule has 0 radical (unpaired) electrons. The van der Waals surface area contributed by atoms with Crippen LogP contribution in [0.15, 0.2) is 0 Å². The molecule has 24 heavy (non-hydrogen) atoms. The minimum absolute atomic E-state index is 0.317. The fraction of sp³-hybridized carbons (Fsp3) is 0.625. The molecule has 0 N–H and O–H groups in total. The molecule has 1 amide bonds. The smallest absolute Gasteiger partial charge is 0.329 e. The second-order valence-electron chi connectivity index (χ2n) is 5.91. The first-order valence-electron chi connectivity index (χ1n) is 7.80. The Morgan fingerprint density at radius 2 is 1.75 bits per heavy atom. The van der Waals surface area contributed by atoms with E-state index in [0.29, 0.717) is 36.3 Å². The maximum Gasteiger partial charge on any atom is 0.329 e. The number of rotatable bonds is 3. The van der Waals surface area contributed by atoms with E-state index in [1.54, 1.807) is 25.6 Å². The molecule has 1 saturated heterocycles. The standard InChI is InChI=1S/C16H23N3O5/c1-9-12(10(2)18(3)17-9)14(20)19-8-6-7-11(15(21)23-4)13(19)16(22)24-5/h11,13H,6-8H2,1-5H3/t11-,13+/m1/s1. The van der Waals surface area contributed by atoms with Crippen molar-refractivity contribution in [3.05, 3.63) is 17.0 Å². The van der Waals surface area contributed by atoms with Crippen molar-refractivity contribution < 1.29 is 23.9 Å². The van der Waals surface area contributed by atoms with E-state index in [2.05, 4.69) is 5.10 Å². The number of nitrogens with zero attached hydrogens (tertiary/aromatic N) is 3. The third kappa shape index (κ3) is 3.00. The lowest BCUT2D eigenvalue weighted by Gasteiger charge is -2.38.